The largest absolute Gasteiger partial charge is 0.493 e. The summed E-state index contributed by atoms with van der Waals surface area (Å²) < 4.78 is 22.2. The minimum Gasteiger partial charge on any atom is -0.493 e. The molecule has 0 bridgehead atoms. The van der Waals surface area contributed by atoms with E-state index in [1.165, 1.54) is 13.2 Å². The van der Waals surface area contributed by atoms with Crippen LogP contribution in [0.2, 0.25) is 0 Å². The Morgan fingerprint density at radius 3 is 2.25 bits per heavy atom. The molecule has 24 heavy (non-hydrogen) atoms. The number of benzene rings is 2. The van der Waals surface area contributed by atoms with Gasteiger partial charge in [-0.25, -0.2) is 4.79 Å². The fourth-order valence-electron chi connectivity index (χ4n) is 2.06. The molecule has 0 unspecified atom stereocenters. The third kappa shape index (κ3) is 4.32. The maximum Gasteiger partial charge on any atom is 0.339 e. The molecule has 0 heterocycles. The van der Waals surface area contributed by atoms with E-state index in [0.717, 1.165) is 0 Å². The molecule has 0 aliphatic heterocycles. The molecule has 6 nitrogen and oxygen atoms in total. The van der Waals surface area contributed by atoms with E-state index in [2.05, 4.69) is 15.9 Å². The zero-order valence-electron chi connectivity index (χ0n) is 13.2. The van der Waals surface area contributed by atoms with Crippen LogP contribution in [0.25, 0.3) is 0 Å². The molecular formula is C17H17BrO6. The van der Waals surface area contributed by atoms with Crippen molar-refractivity contribution in [1.82, 2.24) is 0 Å². The molecule has 2 rings (SSSR count). The number of carboxylic acid groups (broad SMARTS) is 1. The van der Waals surface area contributed by atoms with Crippen molar-refractivity contribution in [2.75, 3.05) is 27.4 Å². The molecule has 1 N–H and O–H groups in total. The Balaban J connectivity index is 2.05. The van der Waals surface area contributed by atoms with Gasteiger partial charge in [0, 0.05) is 4.47 Å². The van der Waals surface area contributed by atoms with Gasteiger partial charge in [-0.1, -0.05) is 28.1 Å². The Hall–Kier alpha value is -2.41. The highest BCUT2D eigenvalue weighted by molar-refractivity contribution is 9.10. The van der Waals surface area contributed by atoms with Crippen molar-refractivity contribution >= 4 is 21.9 Å². The Morgan fingerprint density at radius 2 is 1.62 bits per heavy atom. The lowest BCUT2D eigenvalue weighted by molar-refractivity contribution is 0.0690. The average Bonchev–Trinajstić information content (AvgIpc) is 2.59. The van der Waals surface area contributed by atoms with E-state index in [9.17, 15) is 9.90 Å². The van der Waals surface area contributed by atoms with Crippen molar-refractivity contribution in [3.63, 3.8) is 0 Å². The van der Waals surface area contributed by atoms with Gasteiger partial charge in [-0.2, -0.15) is 0 Å². The number of para-hydroxylation sites is 2. The number of hydrogen-bond acceptors (Lipinski definition) is 5. The van der Waals surface area contributed by atoms with Crippen LogP contribution in [0.1, 0.15) is 10.4 Å². The third-order valence-corrected chi connectivity index (χ3v) is 3.58. The maximum atomic E-state index is 11.4. The van der Waals surface area contributed by atoms with E-state index in [4.69, 9.17) is 18.9 Å². The molecule has 0 saturated heterocycles. The van der Waals surface area contributed by atoms with Gasteiger partial charge in [0.15, 0.2) is 23.0 Å². The van der Waals surface area contributed by atoms with E-state index in [0.29, 0.717) is 21.7 Å². The number of aromatic carboxylic acids is 1. The number of rotatable bonds is 8. The van der Waals surface area contributed by atoms with E-state index < -0.39 is 5.97 Å². The maximum absolute atomic E-state index is 11.4. The SMILES string of the molecule is COc1ccccc1OCCOc1c(OC)cc(Br)cc1C(=O)O. The minimum absolute atomic E-state index is 0.0125. The summed E-state index contributed by atoms with van der Waals surface area (Å²) in [5, 5.41) is 9.31. The second-order valence-corrected chi connectivity index (χ2v) is 5.55. The van der Waals surface area contributed by atoms with E-state index in [1.807, 2.05) is 12.1 Å². The van der Waals surface area contributed by atoms with Crippen LogP contribution in [0.3, 0.4) is 0 Å². The van der Waals surface area contributed by atoms with E-state index in [-0.39, 0.29) is 24.5 Å². The number of halogens is 1. The molecule has 2 aromatic carbocycles. The summed E-state index contributed by atoms with van der Waals surface area (Å²) in [6.45, 7) is 0.370. The first-order valence-electron chi connectivity index (χ1n) is 7.06. The summed E-state index contributed by atoms with van der Waals surface area (Å²) in [6.07, 6.45) is 0. The first kappa shape index (κ1) is 17.9. The monoisotopic (exact) mass is 396 g/mol. The van der Waals surface area contributed by atoms with E-state index in [1.54, 1.807) is 25.3 Å². The molecule has 0 amide bonds. The summed E-state index contributed by atoms with van der Waals surface area (Å²) >= 11 is 3.25. The lowest BCUT2D eigenvalue weighted by atomic mass is 10.2. The first-order chi connectivity index (χ1) is 11.6. The van der Waals surface area contributed by atoms with E-state index >= 15 is 0 Å². The molecular weight excluding hydrogens is 380 g/mol. The first-order valence-corrected chi connectivity index (χ1v) is 7.85. The van der Waals surface area contributed by atoms with Crippen LogP contribution in [-0.2, 0) is 0 Å². The average molecular weight is 397 g/mol. The summed E-state index contributed by atoms with van der Waals surface area (Å²) in [5.41, 5.74) is 0.0125. The molecule has 0 aliphatic rings. The number of ether oxygens (including phenoxy) is 4. The highest BCUT2D eigenvalue weighted by Crippen LogP contribution is 2.35. The van der Waals surface area contributed by atoms with Crippen LogP contribution in [0, 0.1) is 0 Å². The zero-order valence-corrected chi connectivity index (χ0v) is 14.8. The number of methoxy groups -OCH3 is 2. The topological polar surface area (TPSA) is 74.2 Å². The van der Waals surface area contributed by atoms with Crippen LogP contribution in [0.15, 0.2) is 40.9 Å². The number of carbonyl (C=O) groups is 1. The Morgan fingerprint density at radius 1 is 1.00 bits per heavy atom. The Kier molecular flexibility index (Phi) is 6.31. The van der Waals surface area contributed by atoms with Crippen molar-refractivity contribution < 1.29 is 28.8 Å². The van der Waals surface area contributed by atoms with Gasteiger partial charge < -0.3 is 24.1 Å². The highest BCUT2D eigenvalue weighted by Gasteiger charge is 2.18. The van der Waals surface area contributed by atoms with Crippen LogP contribution in [0.4, 0.5) is 0 Å². The second kappa shape index (κ2) is 8.44. The lowest BCUT2D eigenvalue weighted by Crippen LogP contribution is -2.12. The highest BCUT2D eigenvalue weighted by atomic mass is 79.9. The van der Waals surface area contributed by atoms with Crippen LogP contribution < -0.4 is 18.9 Å². The molecule has 0 fully saturated rings. The molecule has 128 valence electrons. The van der Waals surface area contributed by atoms with Crippen molar-refractivity contribution in [3.05, 3.63) is 46.4 Å². The van der Waals surface area contributed by atoms with Gasteiger partial charge in [0.2, 0.25) is 0 Å². The summed E-state index contributed by atoms with van der Waals surface area (Å²) in [4.78, 5) is 11.4. The van der Waals surface area contributed by atoms with Crippen molar-refractivity contribution in [2.45, 2.75) is 0 Å². The van der Waals surface area contributed by atoms with Gasteiger partial charge in [0.1, 0.15) is 18.8 Å². The Labute approximate surface area is 148 Å². The fourth-order valence-corrected chi connectivity index (χ4v) is 2.50. The molecule has 0 atom stereocenters. The van der Waals surface area contributed by atoms with Gasteiger partial charge in [0.25, 0.3) is 0 Å². The Bertz CT molecular complexity index is 716. The van der Waals surface area contributed by atoms with Crippen molar-refractivity contribution in [2.24, 2.45) is 0 Å². The predicted octanol–water partition coefficient (Wildman–Crippen LogP) is 3.62. The molecule has 7 heteroatoms. The van der Waals surface area contributed by atoms with Gasteiger partial charge in [-0.05, 0) is 24.3 Å². The second-order valence-electron chi connectivity index (χ2n) is 4.64. The number of hydrogen-bond donors (Lipinski definition) is 1. The lowest BCUT2D eigenvalue weighted by Gasteiger charge is -2.15. The van der Waals surface area contributed by atoms with Crippen molar-refractivity contribution in [1.29, 1.82) is 0 Å². The standard InChI is InChI=1S/C17H17BrO6/c1-21-13-5-3-4-6-14(13)23-7-8-24-16-12(17(19)20)9-11(18)10-15(16)22-2/h3-6,9-10H,7-8H2,1-2H3,(H,19,20). The molecule has 0 spiro atoms. The molecule has 0 saturated carbocycles. The molecule has 0 radical (unpaired) electrons. The van der Waals surface area contributed by atoms with Gasteiger partial charge in [0.05, 0.1) is 14.2 Å². The number of carboxylic acids is 1. The summed E-state index contributed by atoms with van der Waals surface area (Å²) in [5.74, 6) is 0.598. The summed E-state index contributed by atoms with van der Waals surface area (Å²) in [7, 11) is 3.01. The van der Waals surface area contributed by atoms with Crippen molar-refractivity contribution in [3.8, 4) is 23.0 Å². The smallest absolute Gasteiger partial charge is 0.339 e. The van der Waals surface area contributed by atoms with Gasteiger partial charge >= 0.3 is 5.97 Å². The summed E-state index contributed by atoms with van der Waals surface area (Å²) in [6, 6.07) is 10.3. The van der Waals surface area contributed by atoms with Gasteiger partial charge in [-0.3, -0.25) is 0 Å². The normalized spacial score (nSPS) is 10.1. The third-order valence-electron chi connectivity index (χ3n) is 3.13. The quantitative estimate of drug-likeness (QED) is 0.686. The van der Waals surface area contributed by atoms with Crippen LogP contribution >= 0.6 is 15.9 Å². The van der Waals surface area contributed by atoms with Crippen LogP contribution in [-0.4, -0.2) is 38.5 Å². The fraction of sp³-hybridized carbons (Fsp3) is 0.235. The predicted molar refractivity (Wildman–Crippen MR) is 91.6 cm³/mol. The van der Waals surface area contributed by atoms with Crippen LogP contribution in [0.5, 0.6) is 23.0 Å². The molecule has 0 aromatic heterocycles. The molecule has 2 aromatic rings. The molecule has 0 aliphatic carbocycles. The van der Waals surface area contributed by atoms with Gasteiger partial charge in [-0.15, -0.1) is 0 Å². The minimum atomic E-state index is -1.10. The zero-order chi connectivity index (χ0) is 17.5.